The highest BCUT2D eigenvalue weighted by molar-refractivity contribution is 5.99. The molecule has 0 fully saturated rings. The molecule has 116 valence electrons. The van der Waals surface area contributed by atoms with Gasteiger partial charge < -0.3 is 21.9 Å². The Kier molecular flexibility index (Phi) is 4.72. The van der Waals surface area contributed by atoms with Crippen molar-refractivity contribution in [2.45, 2.75) is 12.8 Å². The molecule has 22 heavy (non-hydrogen) atoms. The van der Waals surface area contributed by atoms with E-state index < -0.39 is 5.91 Å². The number of nitrogens with one attached hydrogen (secondary N) is 1. The minimum atomic E-state index is -0.720. The zero-order valence-corrected chi connectivity index (χ0v) is 11.7. The minimum absolute atomic E-state index is 0.00708. The van der Waals surface area contributed by atoms with E-state index in [9.17, 15) is 14.3 Å². The second-order valence-corrected chi connectivity index (χ2v) is 4.64. The Bertz CT molecular complexity index is 682. The number of allylic oxidation sites excluding steroid dienone is 1. The van der Waals surface area contributed by atoms with Gasteiger partial charge in [-0.3, -0.25) is 4.79 Å². The summed E-state index contributed by atoms with van der Waals surface area (Å²) in [6.45, 7) is 0.804. The number of hydrogen-bond acceptors (Lipinski definition) is 6. The molecule has 2 heterocycles. The van der Waals surface area contributed by atoms with Crippen molar-refractivity contribution in [3.05, 3.63) is 35.0 Å². The van der Waals surface area contributed by atoms with Crippen LogP contribution in [0.5, 0.6) is 0 Å². The van der Waals surface area contributed by atoms with Gasteiger partial charge in [0.2, 0.25) is 0 Å². The molecule has 0 unspecified atom stereocenters. The van der Waals surface area contributed by atoms with Crippen LogP contribution in [0.15, 0.2) is 23.0 Å². The fourth-order valence-corrected chi connectivity index (χ4v) is 2.19. The maximum absolute atomic E-state index is 11.8. The van der Waals surface area contributed by atoms with Gasteiger partial charge in [-0.05, 0) is 25.0 Å². The molecular formula is C14H16FN5O2. The zero-order valence-electron chi connectivity index (χ0n) is 11.7. The molecular weight excluding hydrogens is 289 g/mol. The lowest BCUT2D eigenvalue weighted by atomic mass is 10.0. The first kappa shape index (κ1) is 15.5. The molecule has 1 aromatic rings. The number of nitrogen functional groups attached to an aromatic ring is 1. The highest BCUT2D eigenvalue weighted by atomic mass is 19.1. The van der Waals surface area contributed by atoms with Crippen molar-refractivity contribution in [3.8, 4) is 0 Å². The maximum atomic E-state index is 11.8. The van der Waals surface area contributed by atoms with E-state index in [1.807, 2.05) is 0 Å². The number of aliphatic imine (C=N–C) groups is 1. The first-order valence-corrected chi connectivity index (χ1v) is 6.59. The van der Waals surface area contributed by atoms with Gasteiger partial charge >= 0.3 is 0 Å². The smallest absolute Gasteiger partial charge is 0.269 e. The second-order valence-electron chi connectivity index (χ2n) is 4.64. The van der Waals surface area contributed by atoms with E-state index in [1.54, 1.807) is 0 Å². The number of amides is 1. The number of aliphatic hydroxyl groups is 1. The van der Waals surface area contributed by atoms with Crippen molar-refractivity contribution >= 4 is 29.8 Å². The number of nitrogens with two attached hydrogens (primary N) is 2. The maximum Gasteiger partial charge on any atom is 0.269 e. The lowest BCUT2D eigenvalue weighted by molar-refractivity contribution is 0.0996. The molecule has 0 spiro atoms. The fourth-order valence-electron chi connectivity index (χ4n) is 2.19. The van der Waals surface area contributed by atoms with Gasteiger partial charge in [-0.1, -0.05) is 0 Å². The number of carbonyl (C=O) groups excluding carboxylic acids is 1. The summed E-state index contributed by atoms with van der Waals surface area (Å²) in [4.78, 5) is 18.8. The van der Waals surface area contributed by atoms with E-state index >= 15 is 0 Å². The van der Waals surface area contributed by atoms with Crippen molar-refractivity contribution in [1.82, 2.24) is 4.98 Å². The van der Waals surface area contributed by atoms with Crippen LogP contribution in [-0.2, 0) is 6.42 Å². The SMILES string of the molecule is NC(=O)c1nc2c(c(/C=C/C(O)=C\N=CF)c1N)NCCC2. The van der Waals surface area contributed by atoms with Crippen LogP contribution >= 0.6 is 0 Å². The van der Waals surface area contributed by atoms with E-state index in [0.717, 1.165) is 19.2 Å². The average Bonchev–Trinajstić information content (AvgIpc) is 2.51. The molecule has 6 N–H and O–H groups in total. The number of anilines is 2. The summed E-state index contributed by atoms with van der Waals surface area (Å²) in [5.74, 6) is -0.988. The average molecular weight is 305 g/mol. The summed E-state index contributed by atoms with van der Waals surface area (Å²) in [6.07, 6.45) is 5.29. The van der Waals surface area contributed by atoms with E-state index in [4.69, 9.17) is 11.5 Å². The quantitative estimate of drug-likeness (QED) is 0.381. The Hall–Kier alpha value is -2.90. The Morgan fingerprint density at radius 2 is 2.27 bits per heavy atom. The Morgan fingerprint density at radius 3 is 2.95 bits per heavy atom. The predicted molar refractivity (Wildman–Crippen MR) is 83.3 cm³/mol. The fraction of sp³-hybridized carbons (Fsp3) is 0.214. The van der Waals surface area contributed by atoms with E-state index in [2.05, 4.69) is 15.3 Å². The van der Waals surface area contributed by atoms with Crippen LogP contribution in [0, 0.1) is 0 Å². The number of hydrogen-bond donors (Lipinski definition) is 4. The number of pyridine rings is 1. The molecule has 2 rings (SSSR count). The number of primary amides is 1. The number of fused-ring (bicyclic) bond motifs is 1. The number of nitrogens with zero attached hydrogens (tertiary/aromatic N) is 2. The highest BCUT2D eigenvalue weighted by Gasteiger charge is 2.21. The van der Waals surface area contributed by atoms with E-state index in [1.165, 1.54) is 12.2 Å². The molecule has 0 aliphatic carbocycles. The number of rotatable bonds is 4. The number of aromatic nitrogens is 1. The summed E-state index contributed by atoms with van der Waals surface area (Å²) < 4.78 is 11.8. The summed E-state index contributed by atoms with van der Waals surface area (Å²) in [7, 11) is 0. The van der Waals surface area contributed by atoms with E-state index in [0.29, 0.717) is 23.4 Å². The third-order valence-corrected chi connectivity index (χ3v) is 3.16. The van der Waals surface area contributed by atoms with Crippen LogP contribution in [0.3, 0.4) is 0 Å². The Morgan fingerprint density at radius 1 is 1.50 bits per heavy atom. The van der Waals surface area contributed by atoms with Gasteiger partial charge in [0.15, 0.2) is 12.2 Å². The van der Waals surface area contributed by atoms with Crippen molar-refractivity contribution in [3.63, 3.8) is 0 Å². The molecule has 1 aliphatic rings. The molecule has 0 saturated carbocycles. The Balaban J connectivity index is 2.51. The lowest BCUT2D eigenvalue weighted by Gasteiger charge is -2.21. The molecule has 0 atom stereocenters. The minimum Gasteiger partial charge on any atom is -0.506 e. The largest absolute Gasteiger partial charge is 0.506 e. The van der Waals surface area contributed by atoms with Crippen molar-refractivity contribution in [1.29, 1.82) is 0 Å². The third kappa shape index (κ3) is 3.22. The molecule has 0 aromatic carbocycles. The van der Waals surface area contributed by atoms with E-state index in [-0.39, 0.29) is 23.6 Å². The monoisotopic (exact) mass is 305 g/mol. The van der Waals surface area contributed by atoms with Gasteiger partial charge in [0.1, 0.15) is 5.76 Å². The van der Waals surface area contributed by atoms with Crippen molar-refractivity contribution in [2.24, 2.45) is 10.7 Å². The molecule has 0 saturated heterocycles. The number of halogens is 1. The topological polar surface area (TPSA) is 127 Å². The summed E-state index contributed by atoms with van der Waals surface area (Å²) >= 11 is 0. The van der Waals surface area contributed by atoms with Gasteiger partial charge in [0.25, 0.3) is 5.91 Å². The van der Waals surface area contributed by atoms with Crippen LogP contribution in [0.2, 0.25) is 0 Å². The first-order valence-electron chi connectivity index (χ1n) is 6.59. The molecule has 8 heteroatoms. The number of aliphatic hydroxyl groups excluding tert-OH is 1. The standard InChI is InChI=1S/C14H16FN5O2/c15-7-18-6-8(21)3-4-9-11(16)13(14(17)22)20-10-2-1-5-19-12(9)10/h3-4,6-7,19,21H,1-2,5,16H2,(H2,17,22)/b4-3+,8-6+,18-7?. The van der Waals surface area contributed by atoms with Gasteiger partial charge in [-0.15, -0.1) is 0 Å². The van der Waals surface area contributed by atoms with Crippen LogP contribution < -0.4 is 16.8 Å². The number of carbonyl (C=O) groups is 1. The predicted octanol–water partition coefficient (Wildman–Crippen LogP) is 1.53. The summed E-state index contributed by atoms with van der Waals surface area (Å²) in [5.41, 5.74) is 13.3. The molecule has 1 aromatic heterocycles. The third-order valence-electron chi connectivity index (χ3n) is 3.16. The van der Waals surface area contributed by atoms with Gasteiger partial charge in [0, 0.05) is 12.1 Å². The van der Waals surface area contributed by atoms with Crippen LogP contribution in [0.25, 0.3) is 6.08 Å². The Labute approximate surface area is 126 Å². The molecule has 1 amide bonds. The van der Waals surface area contributed by atoms with Gasteiger partial charge in [-0.2, -0.15) is 4.39 Å². The second kappa shape index (κ2) is 6.70. The normalized spacial score (nSPS) is 15.0. The highest BCUT2D eigenvalue weighted by Crippen LogP contribution is 2.32. The molecule has 1 aliphatic heterocycles. The van der Waals surface area contributed by atoms with Crippen molar-refractivity contribution < 1.29 is 14.3 Å². The summed E-state index contributed by atoms with van der Waals surface area (Å²) in [6, 6.07) is 0. The van der Waals surface area contributed by atoms with Crippen LogP contribution in [-0.4, -0.2) is 29.0 Å². The molecule has 0 bridgehead atoms. The zero-order chi connectivity index (χ0) is 16.1. The van der Waals surface area contributed by atoms with Gasteiger partial charge in [0.05, 0.1) is 23.3 Å². The van der Waals surface area contributed by atoms with Crippen molar-refractivity contribution in [2.75, 3.05) is 17.6 Å². The van der Waals surface area contributed by atoms with Crippen LogP contribution in [0.1, 0.15) is 28.2 Å². The number of aryl methyl sites for hydroxylation is 1. The molecule has 7 nitrogen and oxygen atoms in total. The van der Waals surface area contributed by atoms with Gasteiger partial charge in [-0.25, -0.2) is 9.98 Å². The first-order chi connectivity index (χ1) is 10.5. The lowest BCUT2D eigenvalue weighted by Crippen LogP contribution is -2.22. The summed E-state index contributed by atoms with van der Waals surface area (Å²) in [5, 5.41) is 12.7. The molecule has 0 radical (unpaired) electrons. The van der Waals surface area contributed by atoms with Crippen LogP contribution in [0.4, 0.5) is 15.8 Å².